The Morgan fingerprint density at radius 2 is 1.11 bits per heavy atom. The lowest BCUT2D eigenvalue weighted by atomic mass is 9.91. The van der Waals surface area contributed by atoms with Gasteiger partial charge in [-0.05, 0) is 71.0 Å². The Morgan fingerprint density at radius 1 is 0.615 bits per heavy atom. The van der Waals surface area contributed by atoms with Gasteiger partial charge >= 0.3 is 12.2 Å². The van der Waals surface area contributed by atoms with Crippen LogP contribution in [0.25, 0.3) is 44.8 Å². The highest BCUT2D eigenvalue weighted by atomic mass is 35.5. The molecule has 8 rings (SSSR count). The Kier molecular flexibility index (Phi) is 15.7. The van der Waals surface area contributed by atoms with Crippen molar-refractivity contribution in [3.63, 3.8) is 0 Å². The maximum Gasteiger partial charge on any atom is 0.407 e. The highest BCUT2D eigenvalue weighted by molar-refractivity contribution is 5.89. The molecule has 0 aliphatic carbocycles. The molecule has 2 aromatic heterocycles. The van der Waals surface area contributed by atoms with E-state index in [0.717, 1.165) is 70.5 Å². The molecule has 0 radical (unpaired) electrons. The summed E-state index contributed by atoms with van der Waals surface area (Å²) in [5, 5.41) is 5.44. The lowest BCUT2D eigenvalue weighted by Gasteiger charge is -2.30. The predicted molar refractivity (Wildman–Crippen MR) is 253 cm³/mol. The fraction of sp³-hybridized carbons (Fsp3) is 0.306. The van der Waals surface area contributed by atoms with Crippen molar-refractivity contribution in [3.05, 3.63) is 133 Å². The molecule has 2 aliphatic rings. The van der Waals surface area contributed by atoms with Gasteiger partial charge in [-0.25, -0.2) is 19.6 Å². The Hall–Kier alpha value is -6.64. The summed E-state index contributed by atoms with van der Waals surface area (Å²) >= 11 is 0. The summed E-state index contributed by atoms with van der Waals surface area (Å²) in [7, 11) is 2.57. The molecule has 0 spiro atoms. The van der Waals surface area contributed by atoms with Crippen molar-refractivity contribution in [3.8, 4) is 44.8 Å². The Morgan fingerprint density at radius 3 is 1.68 bits per heavy atom. The second-order valence-corrected chi connectivity index (χ2v) is 16.3. The summed E-state index contributed by atoms with van der Waals surface area (Å²) in [5.41, 5.74) is 8.45. The van der Waals surface area contributed by atoms with Crippen LogP contribution >= 0.6 is 24.8 Å². The number of H-pyrrole nitrogens is 2. The van der Waals surface area contributed by atoms with Gasteiger partial charge in [-0.2, -0.15) is 0 Å². The molecule has 65 heavy (non-hydrogen) atoms. The monoisotopic (exact) mass is 920 g/mol. The van der Waals surface area contributed by atoms with E-state index in [1.54, 1.807) is 11.1 Å². The van der Waals surface area contributed by atoms with Crippen LogP contribution in [0.3, 0.4) is 0 Å². The van der Waals surface area contributed by atoms with E-state index in [1.807, 2.05) is 73.5 Å². The number of nitrogens with zero attached hydrogens (tertiary/aromatic N) is 4. The van der Waals surface area contributed by atoms with E-state index >= 15 is 0 Å². The number of methoxy groups -OCH3 is 2. The fourth-order valence-electron chi connectivity index (χ4n) is 8.74. The van der Waals surface area contributed by atoms with Crippen LogP contribution in [0, 0.1) is 5.92 Å². The van der Waals surface area contributed by atoms with Crippen LogP contribution < -0.4 is 10.6 Å². The number of rotatable bonds is 12. The molecule has 2 aliphatic heterocycles. The predicted octanol–water partition coefficient (Wildman–Crippen LogP) is 9.45. The van der Waals surface area contributed by atoms with Gasteiger partial charge in [0.25, 0.3) is 5.91 Å². The number of hydrogen-bond donors (Lipinski definition) is 4. The van der Waals surface area contributed by atoms with Crippen molar-refractivity contribution in [1.82, 2.24) is 40.4 Å². The second-order valence-electron chi connectivity index (χ2n) is 16.3. The minimum absolute atomic E-state index is 0. The molecule has 4 atom stereocenters. The molecule has 16 heteroatoms. The van der Waals surface area contributed by atoms with Gasteiger partial charge in [0.05, 0.1) is 50.1 Å². The van der Waals surface area contributed by atoms with Crippen LogP contribution in [0.5, 0.6) is 0 Å². The zero-order valence-electron chi connectivity index (χ0n) is 36.7. The summed E-state index contributed by atoms with van der Waals surface area (Å²) in [6.45, 7) is 4.92. The van der Waals surface area contributed by atoms with Crippen molar-refractivity contribution in [2.45, 2.75) is 63.7 Å². The number of aromatic nitrogens is 4. The molecule has 0 bridgehead atoms. The second kappa shape index (κ2) is 21.4. The van der Waals surface area contributed by atoms with Crippen LogP contribution in [-0.2, 0) is 19.1 Å². The van der Waals surface area contributed by atoms with Crippen LogP contribution in [0.15, 0.2) is 116 Å². The SMILES string of the molecule is COC(=O)N[C@H](C(=O)N1CCC[C@H]1c1ncc(-c2ccc(-c3ccc(-c4cnc([C@@H]5CCCN5C(=O)[C@H](NC(=O)OC)c5ccccc5)[nH]4)cc3)c(-c3ccccc3)c2)[nH]1)C(C)C.Cl.Cl. The number of amides is 4. The Labute approximate surface area is 390 Å². The molecule has 4 heterocycles. The lowest BCUT2D eigenvalue weighted by molar-refractivity contribution is -0.135. The minimum atomic E-state index is -0.893. The zero-order chi connectivity index (χ0) is 44.0. The molecule has 4 aromatic carbocycles. The van der Waals surface area contributed by atoms with Gasteiger partial charge in [0.15, 0.2) is 0 Å². The first-order chi connectivity index (χ1) is 30.6. The third-order valence-electron chi connectivity index (χ3n) is 12.0. The molecule has 340 valence electrons. The number of halogens is 2. The van der Waals surface area contributed by atoms with Crippen molar-refractivity contribution in [2.75, 3.05) is 27.3 Å². The van der Waals surface area contributed by atoms with Crippen LogP contribution in [0.2, 0.25) is 0 Å². The largest absolute Gasteiger partial charge is 0.453 e. The van der Waals surface area contributed by atoms with E-state index < -0.39 is 24.3 Å². The molecule has 14 nitrogen and oxygen atoms in total. The normalized spacial score (nSPS) is 16.5. The van der Waals surface area contributed by atoms with Crippen molar-refractivity contribution < 1.29 is 28.7 Å². The topological polar surface area (TPSA) is 175 Å². The highest BCUT2D eigenvalue weighted by Gasteiger charge is 2.39. The number of likely N-dealkylation sites (tertiary alicyclic amines) is 2. The molecule has 0 unspecified atom stereocenters. The van der Waals surface area contributed by atoms with Crippen LogP contribution in [-0.4, -0.2) is 87.1 Å². The first kappa shape index (κ1) is 47.8. The number of benzene rings is 4. The first-order valence-electron chi connectivity index (χ1n) is 21.4. The standard InChI is InChI=1S/C49H52N8O6.2ClH/c1-30(2)42(54-48(60)62-3)46(58)56-25-11-17-40(56)45-51-29-39(53-45)35-23-24-36(37(27-35)31-13-7-5-8-14-31)32-19-21-33(22-20-32)38-28-50-44(52-38)41-18-12-26-57(41)47(59)43(55-49(61)63-4)34-15-9-6-10-16-34;;/h5-10,13-16,19-24,27-30,40-43H,11-12,17-18,25-26H2,1-4H3,(H,50,52)(H,51,53)(H,54,60)(H,55,61);2*1H/t40-,41-,42-,43+;;/m0../s1. The van der Waals surface area contributed by atoms with Crippen molar-refractivity contribution in [2.24, 2.45) is 5.92 Å². The summed E-state index contributed by atoms with van der Waals surface area (Å²) in [6, 6.07) is 32.0. The van der Waals surface area contributed by atoms with E-state index in [-0.39, 0.29) is 54.6 Å². The molecule has 6 aromatic rings. The van der Waals surface area contributed by atoms with Crippen LogP contribution in [0.1, 0.15) is 74.9 Å². The van der Waals surface area contributed by atoms with E-state index in [1.165, 1.54) is 14.2 Å². The number of nitrogens with one attached hydrogen (secondary N) is 4. The number of carbonyl (C=O) groups is 4. The maximum absolute atomic E-state index is 14.0. The molecule has 4 N–H and O–H groups in total. The van der Waals surface area contributed by atoms with Gasteiger partial charge in [0, 0.05) is 18.7 Å². The number of hydrogen-bond acceptors (Lipinski definition) is 8. The number of alkyl carbamates (subject to hydrolysis) is 2. The Bertz CT molecular complexity index is 2570. The van der Waals surface area contributed by atoms with E-state index in [2.05, 4.69) is 75.2 Å². The number of imidazole rings is 2. The maximum atomic E-state index is 14.0. The number of aromatic amines is 2. The van der Waals surface area contributed by atoms with Gasteiger partial charge in [-0.1, -0.05) is 111 Å². The van der Waals surface area contributed by atoms with Gasteiger partial charge in [0.1, 0.15) is 23.7 Å². The van der Waals surface area contributed by atoms with Crippen molar-refractivity contribution >= 4 is 48.8 Å². The third-order valence-corrected chi connectivity index (χ3v) is 12.0. The summed E-state index contributed by atoms with van der Waals surface area (Å²) in [5.74, 6) is 0.903. The molecule has 2 saturated heterocycles. The molecule has 2 fully saturated rings. The lowest BCUT2D eigenvalue weighted by Crippen LogP contribution is -2.51. The highest BCUT2D eigenvalue weighted by Crippen LogP contribution is 2.39. The molecular formula is C49H54Cl2N8O6. The average Bonchev–Trinajstić information content (AvgIpc) is 4.17. The van der Waals surface area contributed by atoms with E-state index in [0.29, 0.717) is 30.3 Å². The van der Waals surface area contributed by atoms with E-state index in [9.17, 15) is 19.2 Å². The van der Waals surface area contributed by atoms with E-state index in [4.69, 9.17) is 19.4 Å². The number of ether oxygens (including phenoxy) is 2. The summed E-state index contributed by atoms with van der Waals surface area (Å²) in [6.07, 6.45) is 5.45. The van der Waals surface area contributed by atoms with Crippen LogP contribution in [0.4, 0.5) is 9.59 Å². The minimum Gasteiger partial charge on any atom is -0.453 e. The van der Waals surface area contributed by atoms with Gasteiger partial charge in [0.2, 0.25) is 5.91 Å². The Balaban J connectivity index is 0.00000350. The molecule has 0 saturated carbocycles. The summed E-state index contributed by atoms with van der Waals surface area (Å²) in [4.78, 5) is 72.3. The zero-order valence-corrected chi connectivity index (χ0v) is 38.3. The fourth-order valence-corrected chi connectivity index (χ4v) is 8.74. The first-order valence-corrected chi connectivity index (χ1v) is 21.4. The number of carbonyl (C=O) groups excluding carboxylic acids is 4. The van der Waals surface area contributed by atoms with Crippen molar-refractivity contribution in [1.29, 1.82) is 0 Å². The average molecular weight is 922 g/mol. The summed E-state index contributed by atoms with van der Waals surface area (Å²) < 4.78 is 9.65. The van der Waals surface area contributed by atoms with Gasteiger partial charge in [-0.15, -0.1) is 24.8 Å². The molecule has 4 amide bonds. The molecular weight excluding hydrogens is 867 g/mol. The van der Waals surface area contributed by atoms with Gasteiger partial charge in [-0.3, -0.25) is 9.59 Å². The smallest absolute Gasteiger partial charge is 0.407 e. The van der Waals surface area contributed by atoms with Gasteiger partial charge < -0.3 is 39.9 Å². The quantitative estimate of drug-likeness (QED) is 0.0939. The third kappa shape index (κ3) is 10.3.